The highest BCUT2D eigenvalue weighted by atomic mass is 32.2. The lowest BCUT2D eigenvalue weighted by atomic mass is 10.1. The maximum absolute atomic E-state index is 11.6. The van der Waals surface area contributed by atoms with Gasteiger partial charge >= 0.3 is 0 Å². The van der Waals surface area contributed by atoms with Crippen molar-refractivity contribution in [3.05, 3.63) is 0 Å². The summed E-state index contributed by atoms with van der Waals surface area (Å²) < 4.78 is 22.5. The fourth-order valence-corrected chi connectivity index (χ4v) is 5.34. The SMILES string of the molecule is CCC(CCO)NC(=O)CSC1CCS(=O)(=O)C1. The Morgan fingerprint density at radius 1 is 1.56 bits per heavy atom. The Morgan fingerprint density at radius 3 is 2.78 bits per heavy atom. The van der Waals surface area contributed by atoms with Crippen LogP contribution in [0.15, 0.2) is 0 Å². The Bertz CT molecular complexity index is 369. The van der Waals surface area contributed by atoms with Gasteiger partial charge in [0.1, 0.15) is 0 Å². The second-order valence-electron chi connectivity index (χ2n) is 4.52. The number of thioether (sulfide) groups is 1. The van der Waals surface area contributed by atoms with E-state index in [1.807, 2.05) is 6.92 Å². The molecule has 2 atom stereocenters. The molecule has 1 saturated heterocycles. The molecule has 1 aliphatic rings. The maximum Gasteiger partial charge on any atom is 0.230 e. The van der Waals surface area contributed by atoms with E-state index in [0.717, 1.165) is 6.42 Å². The van der Waals surface area contributed by atoms with Gasteiger partial charge in [0, 0.05) is 17.9 Å². The summed E-state index contributed by atoms with van der Waals surface area (Å²) in [6.07, 6.45) is 1.99. The van der Waals surface area contributed by atoms with Crippen LogP contribution < -0.4 is 5.32 Å². The Kier molecular flexibility index (Phi) is 6.45. The van der Waals surface area contributed by atoms with Gasteiger partial charge in [0.05, 0.1) is 17.3 Å². The summed E-state index contributed by atoms with van der Waals surface area (Å²) in [7, 11) is -2.87. The highest BCUT2D eigenvalue weighted by molar-refractivity contribution is 8.02. The van der Waals surface area contributed by atoms with Crippen molar-refractivity contribution in [2.75, 3.05) is 23.9 Å². The first-order valence-corrected chi connectivity index (χ1v) is 9.06. The van der Waals surface area contributed by atoms with Crippen LogP contribution in [0, 0.1) is 0 Å². The molecule has 0 aromatic heterocycles. The summed E-state index contributed by atoms with van der Waals surface area (Å²) >= 11 is 1.41. The molecule has 2 N–H and O–H groups in total. The first-order valence-electron chi connectivity index (χ1n) is 6.19. The molecule has 0 saturated carbocycles. The molecule has 2 unspecified atom stereocenters. The summed E-state index contributed by atoms with van der Waals surface area (Å²) in [6.45, 7) is 2.02. The zero-order chi connectivity index (χ0) is 13.6. The van der Waals surface area contributed by atoms with Crippen LogP contribution in [-0.2, 0) is 14.6 Å². The highest BCUT2D eigenvalue weighted by Gasteiger charge is 2.28. The zero-order valence-electron chi connectivity index (χ0n) is 10.6. The second-order valence-corrected chi connectivity index (χ2v) is 8.04. The minimum absolute atomic E-state index is 0.00964. The summed E-state index contributed by atoms with van der Waals surface area (Å²) in [5.74, 6) is 0.652. The van der Waals surface area contributed by atoms with Crippen molar-refractivity contribution >= 4 is 27.5 Å². The van der Waals surface area contributed by atoms with E-state index >= 15 is 0 Å². The van der Waals surface area contributed by atoms with E-state index in [0.29, 0.717) is 18.6 Å². The number of nitrogens with one attached hydrogen (secondary N) is 1. The highest BCUT2D eigenvalue weighted by Crippen LogP contribution is 2.23. The molecule has 1 amide bonds. The standard InChI is InChI=1S/C11H21NO4S2/c1-2-9(3-5-13)12-11(14)7-17-10-4-6-18(15,16)8-10/h9-10,13H,2-8H2,1H3,(H,12,14). The van der Waals surface area contributed by atoms with Gasteiger partial charge in [0.25, 0.3) is 0 Å². The van der Waals surface area contributed by atoms with Gasteiger partial charge in [-0.2, -0.15) is 0 Å². The smallest absolute Gasteiger partial charge is 0.230 e. The van der Waals surface area contributed by atoms with Gasteiger partial charge in [-0.3, -0.25) is 4.79 Å². The Morgan fingerprint density at radius 2 is 2.28 bits per heavy atom. The van der Waals surface area contributed by atoms with Crippen LogP contribution in [0.25, 0.3) is 0 Å². The molecule has 0 aliphatic carbocycles. The number of sulfone groups is 1. The fraction of sp³-hybridized carbons (Fsp3) is 0.909. The molecule has 106 valence electrons. The Hall–Kier alpha value is -0.270. The number of carbonyl (C=O) groups excluding carboxylic acids is 1. The molecule has 0 spiro atoms. The molecule has 0 bridgehead atoms. The van der Waals surface area contributed by atoms with E-state index < -0.39 is 9.84 Å². The molecular formula is C11H21NO4S2. The third kappa shape index (κ3) is 5.58. The summed E-state index contributed by atoms with van der Waals surface area (Å²) in [6, 6.07) is 0.00964. The van der Waals surface area contributed by atoms with E-state index in [-0.39, 0.29) is 35.3 Å². The van der Waals surface area contributed by atoms with Gasteiger partial charge < -0.3 is 10.4 Å². The molecule has 0 aromatic rings. The molecule has 0 radical (unpaired) electrons. The van der Waals surface area contributed by atoms with E-state index in [4.69, 9.17) is 5.11 Å². The predicted molar refractivity (Wildman–Crippen MR) is 73.4 cm³/mol. The average Bonchev–Trinajstić information content (AvgIpc) is 2.66. The topological polar surface area (TPSA) is 83.5 Å². The first-order chi connectivity index (χ1) is 8.46. The number of aliphatic hydroxyl groups excluding tert-OH is 1. The normalized spacial score (nSPS) is 23.8. The molecule has 7 heteroatoms. The molecule has 1 heterocycles. The molecule has 0 aromatic carbocycles. The summed E-state index contributed by atoms with van der Waals surface area (Å²) in [4.78, 5) is 11.6. The Balaban J connectivity index is 2.25. The molecule has 1 aliphatic heterocycles. The van der Waals surface area contributed by atoms with Crippen molar-refractivity contribution in [3.8, 4) is 0 Å². The number of hydrogen-bond acceptors (Lipinski definition) is 5. The molecule has 1 rings (SSSR count). The number of rotatable bonds is 7. The largest absolute Gasteiger partial charge is 0.396 e. The second kappa shape index (κ2) is 7.35. The quantitative estimate of drug-likeness (QED) is 0.700. The molecule has 5 nitrogen and oxygen atoms in total. The van der Waals surface area contributed by atoms with Crippen molar-refractivity contribution in [2.45, 2.75) is 37.5 Å². The third-order valence-corrected chi connectivity index (χ3v) is 6.26. The number of aliphatic hydroxyl groups is 1. The lowest BCUT2D eigenvalue weighted by Crippen LogP contribution is -2.36. The van der Waals surface area contributed by atoms with E-state index in [1.54, 1.807) is 0 Å². The first kappa shape index (κ1) is 15.8. The monoisotopic (exact) mass is 295 g/mol. The van der Waals surface area contributed by atoms with Crippen LogP contribution in [0.5, 0.6) is 0 Å². The van der Waals surface area contributed by atoms with E-state index in [9.17, 15) is 13.2 Å². The van der Waals surface area contributed by atoms with Gasteiger partial charge in [0.15, 0.2) is 9.84 Å². The van der Waals surface area contributed by atoms with Crippen LogP contribution in [-0.4, -0.2) is 54.6 Å². The van der Waals surface area contributed by atoms with Crippen molar-refractivity contribution in [1.82, 2.24) is 5.32 Å². The average molecular weight is 295 g/mol. The van der Waals surface area contributed by atoms with Crippen LogP contribution in [0.2, 0.25) is 0 Å². The fourth-order valence-electron chi connectivity index (χ4n) is 1.89. The van der Waals surface area contributed by atoms with Crippen molar-refractivity contribution in [3.63, 3.8) is 0 Å². The molecular weight excluding hydrogens is 274 g/mol. The van der Waals surface area contributed by atoms with Crippen LogP contribution in [0.1, 0.15) is 26.2 Å². The van der Waals surface area contributed by atoms with Crippen LogP contribution in [0.3, 0.4) is 0 Å². The van der Waals surface area contributed by atoms with Gasteiger partial charge in [-0.1, -0.05) is 6.92 Å². The van der Waals surface area contributed by atoms with Gasteiger partial charge in [-0.15, -0.1) is 11.8 Å². The number of carbonyl (C=O) groups is 1. The van der Waals surface area contributed by atoms with E-state index in [1.165, 1.54) is 11.8 Å². The lowest BCUT2D eigenvalue weighted by molar-refractivity contribution is -0.119. The minimum atomic E-state index is -2.87. The molecule has 1 fully saturated rings. The number of hydrogen-bond donors (Lipinski definition) is 2. The molecule has 18 heavy (non-hydrogen) atoms. The van der Waals surface area contributed by atoms with Crippen LogP contribution >= 0.6 is 11.8 Å². The summed E-state index contributed by atoms with van der Waals surface area (Å²) in [5, 5.41) is 11.7. The van der Waals surface area contributed by atoms with Gasteiger partial charge in [0.2, 0.25) is 5.91 Å². The third-order valence-electron chi connectivity index (χ3n) is 2.98. The van der Waals surface area contributed by atoms with Gasteiger partial charge in [-0.05, 0) is 19.3 Å². The van der Waals surface area contributed by atoms with Gasteiger partial charge in [-0.25, -0.2) is 8.42 Å². The number of amides is 1. The summed E-state index contributed by atoms with van der Waals surface area (Å²) in [5.41, 5.74) is 0. The van der Waals surface area contributed by atoms with E-state index in [2.05, 4.69) is 5.32 Å². The van der Waals surface area contributed by atoms with Crippen molar-refractivity contribution in [2.24, 2.45) is 0 Å². The predicted octanol–water partition coefficient (Wildman–Crippen LogP) is 0.184. The van der Waals surface area contributed by atoms with Crippen molar-refractivity contribution < 1.29 is 18.3 Å². The van der Waals surface area contributed by atoms with Crippen molar-refractivity contribution in [1.29, 1.82) is 0 Å². The minimum Gasteiger partial charge on any atom is -0.396 e. The van der Waals surface area contributed by atoms with Crippen LogP contribution in [0.4, 0.5) is 0 Å². The lowest BCUT2D eigenvalue weighted by Gasteiger charge is -2.16. The Labute approximate surface area is 113 Å². The zero-order valence-corrected chi connectivity index (χ0v) is 12.2. The maximum atomic E-state index is 11.6.